The Kier molecular flexibility index (Phi) is 4.60. The molecule has 2 rings (SSSR count). The summed E-state index contributed by atoms with van der Waals surface area (Å²) in [5.74, 6) is 0.269. The van der Waals surface area contributed by atoms with Crippen LogP contribution in [0, 0.1) is 0 Å². The van der Waals surface area contributed by atoms with Crippen LogP contribution in [-0.2, 0) is 4.79 Å². The predicted octanol–water partition coefficient (Wildman–Crippen LogP) is 0.228. The van der Waals surface area contributed by atoms with Gasteiger partial charge in [-0.2, -0.15) is 0 Å². The number of carbonyl (C=O) groups is 1. The SMILES string of the molecule is NCC1CCCCN1CC(=O)Nc1ncccn1. The topological polar surface area (TPSA) is 84.1 Å². The molecule has 0 radical (unpaired) electrons. The molecule has 1 unspecified atom stereocenters. The molecule has 1 atom stereocenters. The fourth-order valence-electron chi connectivity index (χ4n) is 2.25. The van der Waals surface area contributed by atoms with Gasteiger partial charge in [0.2, 0.25) is 11.9 Å². The molecule has 18 heavy (non-hydrogen) atoms. The van der Waals surface area contributed by atoms with E-state index in [1.165, 1.54) is 6.42 Å². The monoisotopic (exact) mass is 249 g/mol. The minimum atomic E-state index is -0.0819. The summed E-state index contributed by atoms with van der Waals surface area (Å²) in [6.07, 6.45) is 6.61. The number of nitrogens with zero attached hydrogens (tertiary/aromatic N) is 3. The molecule has 1 aliphatic heterocycles. The second-order valence-corrected chi connectivity index (χ2v) is 4.48. The maximum absolute atomic E-state index is 11.9. The van der Waals surface area contributed by atoms with Crippen molar-refractivity contribution >= 4 is 11.9 Å². The number of rotatable bonds is 4. The molecular formula is C12H19N5O. The molecule has 1 aromatic rings. The van der Waals surface area contributed by atoms with E-state index in [1.54, 1.807) is 18.5 Å². The second-order valence-electron chi connectivity index (χ2n) is 4.48. The highest BCUT2D eigenvalue weighted by Crippen LogP contribution is 2.15. The van der Waals surface area contributed by atoms with Gasteiger partial charge in [-0.1, -0.05) is 6.42 Å². The van der Waals surface area contributed by atoms with Gasteiger partial charge in [0.25, 0.3) is 0 Å². The maximum Gasteiger partial charge on any atom is 0.240 e. The number of hydrogen-bond acceptors (Lipinski definition) is 5. The predicted molar refractivity (Wildman–Crippen MR) is 68.9 cm³/mol. The van der Waals surface area contributed by atoms with Crippen LogP contribution in [0.3, 0.4) is 0 Å². The van der Waals surface area contributed by atoms with Gasteiger partial charge in [-0.3, -0.25) is 15.0 Å². The van der Waals surface area contributed by atoms with Gasteiger partial charge in [-0.25, -0.2) is 9.97 Å². The van der Waals surface area contributed by atoms with Crippen molar-refractivity contribution in [2.45, 2.75) is 25.3 Å². The Morgan fingerprint density at radius 2 is 2.22 bits per heavy atom. The summed E-state index contributed by atoms with van der Waals surface area (Å²) in [4.78, 5) is 21.9. The van der Waals surface area contributed by atoms with Crippen LogP contribution in [0.2, 0.25) is 0 Å². The zero-order chi connectivity index (χ0) is 12.8. The lowest BCUT2D eigenvalue weighted by molar-refractivity contribution is -0.118. The minimum Gasteiger partial charge on any atom is -0.329 e. The molecule has 6 nitrogen and oxygen atoms in total. The Labute approximate surface area is 107 Å². The van der Waals surface area contributed by atoms with Gasteiger partial charge in [0.15, 0.2) is 0 Å². The molecule has 0 spiro atoms. The molecule has 6 heteroatoms. The van der Waals surface area contributed by atoms with E-state index in [9.17, 15) is 4.79 Å². The lowest BCUT2D eigenvalue weighted by Gasteiger charge is -2.34. The van der Waals surface area contributed by atoms with Gasteiger partial charge in [0, 0.05) is 25.0 Å². The van der Waals surface area contributed by atoms with Crippen molar-refractivity contribution in [2.75, 3.05) is 25.0 Å². The summed E-state index contributed by atoms with van der Waals surface area (Å²) in [5.41, 5.74) is 5.72. The lowest BCUT2D eigenvalue weighted by Crippen LogP contribution is -2.47. The third kappa shape index (κ3) is 3.48. The fourth-order valence-corrected chi connectivity index (χ4v) is 2.25. The van der Waals surface area contributed by atoms with E-state index in [2.05, 4.69) is 20.2 Å². The van der Waals surface area contributed by atoms with Crippen LogP contribution < -0.4 is 11.1 Å². The van der Waals surface area contributed by atoms with Gasteiger partial charge < -0.3 is 5.73 Å². The molecule has 2 heterocycles. The number of nitrogens with two attached hydrogens (primary N) is 1. The number of nitrogens with one attached hydrogen (secondary N) is 1. The molecule has 0 bridgehead atoms. The van der Waals surface area contributed by atoms with Crippen molar-refractivity contribution in [1.82, 2.24) is 14.9 Å². The van der Waals surface area contributed by atoms with Gasteiger partial charge in [0.05, 0.1) is 6.54 Å². The fraction of sp³-hybridized carbons (Fsp3) is 0.583. The van der Waals surface area contributed by atoms with E-state index < -0.39 is 0 Å². The first-order valence-corrected chi connectivity index (χ1v) is 6.30. The third-order valence-corrected chi connectivity index (χ3v) is 3.18. The molecule has 1 aliphatic rings. The summed E-state index contributed by atoms with van der Waals surface area (Å²) < 4.78 is 0. The molecule has 1 saturated heterocycles. The largest absolute Gasteiger partial charge is 0.329 e. The molecule has 1 amide bonds. The molecule has 0 aliphatic carbocycles. The average Bonchev–Trinajstić information content (AvgIpc) is 2.40. The van der Waals surface area contributed by atoms with Crippen LogP contribution in [-0.4, -0.2) is 46.5 Å². The van der Waals surface area contributed by atoms with Crippen LogP contribution in [0.15, 0.2) is 18.5 Å². The molecule has 0 aromatic carbocycles. The van der Waals surface area contributed by atoms with Crippen LogP contribution in [0.25, 0.3) is 0 Å². The number of hydrogen-bond donors (Lipinski definition) is 2. The molecule has 3 N–H and O–H groups in total. The molecule has 98 valence electrons. The zero-order valence-electron chi connectivity index (χ0n) is 10.4. The first-order valence-electron chi connectivity index (χ1n) is 6.30. The van der Waals surface area contributed by atoms with E-state index in [1.807, 2.05) is 0 Å². The van der Waals surface area contributed by atoms with Crippen molar-refractivity contribution in [1.29, 1.82) is 0 Å². The van der Waals surface area contributed by atoms with Crippen molar-refractivity contribution in [3.8, 4) is 0 Å². The number of carbonyl (C=O) groups excluding carboxylic acids is 1. The second kappa shape index (κ2) is 6.42. The number of amides is 1. The third-order valence-electron chi connectivity index (χ3n) is 3.18. The summed E-state index contributed by atoms with van der Waals surface area (Å²) in [5, 5.41) is 2.69. The Hall–Kier alpha value is -1.53. The molecular weight excluding hydrogens is 230 g/mol. The Bertz CT molecular complexity index is 383. The van der Waals surface area contributed by atoms with Gasteiger partial charge in [-0.15, -0.1) is 0 Å². The van der Waals surface area contributed by atoms with Gasteiger partial charge >= 0.3 is 0 Å². The van der Waals surface area contributed by atoms with E-state index in [0.29, 0.717) is 25.1 Å². The number of aromatic nitrogens is 2. The quantitative estimate of drug-likeness (QED) is 0.798. The number of piperidine rings is 1. The summed E-state index contributed by atoms with van der Waals surface area (Å²) >= 11 is 0. The van der Waals surface area contributed by atoms with Crippen LogP contribution in [0.4, 0.5) is 5.95 Å². The highest BCUT2D eigenvalue weighted by molar-refractivity contribution is 5.90. The molecule has 0 saturated carbocycles. The Balaban J connectivity index is 1.86. The van der Waals surface area contributed by atoms with Crippen molar-refractivity contribution in [3.05, 3.63) is 18.5 Å². The Morgan fingerprint density at radius 3 is 2.94 bits per heavy atom. The smallest absolute Gasteiger partial charge is 0.240 e. The van der Waals surface area contributed by atoms with Crippen molar-refractivity contribution < 1.29 is 4.79 Å². The maximum atomic E-state index is 11.9. The summed E-state index contributed by atoms with van der Waals surface area (Å²) in [6.45, 7) is 1.90. The van der Waals surface area contributed by atoms with Crippen LogP contribution in [0.1, 0.15) is 19.3 Å². The van der Waals surface area contributed by atoms with E-state index in [-0.39, 0.29) is 5.91 Å². The number of likely N-dealkylation sites (tertiary alicyclic amines) is 1. The van der Waals surface area contributed by atoms with Gasteiger partial charge in [-0.05, 0) is 25.5 Å². The number of anilines is 1. The van der Waals surface area contributed by atoms with Crippen molar-refractivity contribution in [2.24, 2.45) is 5.73 Å². The summed E-state index contributed by atoms with van der Waals surface area (Å²) in [7, 11) is 0. The van der Waals surface area contributed by atoms with Crippen LogP contribution in [0.5, 0.6) is 0 Å². The first-order chi connectivity index (χ1) is 8.79. The minimum absolute atomic E-state index is 0.0819. The summed E-state index contributed by atoms with van der Waals surface area (Å²) in [6, 6.07) is 2.03. The molecule has 1 aromatic heterocycles. The Morgan fingerprint density at radius 1 is 1.44 bits per heavy atom. The highest BCUT2D eigenvalue weighted by Gasteiger charge is 2.23. The zero-order valence-corrected chi connectivity index (χ0v) is 10.4. The van der Waals surface area contributed by atoms with Crippen molar-refractivity contribution in [3.63, 3.8) is 0 Å². The lowest BCUT2D eigenvalue weighted by atomic mass is 10.0. The van der Waals surface area contributed by atoms with Crippen LogP contribution >= 0.6 is 0 Å². The normalized spacial score (nSPS) is 20.6. The standard InChI is InChI=1S/C12H19N5O/c13-8-10-4-1-2-7-17(10)9-11(18)16-12-14-5-3-6-15-12/h3,5-6,10H,1-2,4,7-9,13H2,(H,14,15,16,18). The van der Waals surface area contributed by atoms with E-state index >= 15 is 0 Å². The van der Waals surface area contributed by atoms with Gasteiger partial charge in [0.1, 0.15) is 0 Å². The van der Waals surface area contributed by atoms with E-state index in [0.717, 1.165) is 19.4 Å². The average molecular weight is 249 g/mol. The first kappa shape index (κ1) is 12.9. The van der Waals surface area contributed by atoms with E-state index in [4.69, 9.17) is 5.73 Å². The molecule has 1 fully saturated rings. The highest BCUT2D eigenvalue weighted by atomic mass is 16.2.